The molecule has 1 aliphatic heterocycles. The molecule has 1 fully saturated rings. The number of nitrogens with zero attached hydrogens (tertiary/aromatic N) is 1. The summed E-state index contributed by atoms with van der Waals surface area (Å²) in [5, 5.41) is 13.0. The molecule has 0 aliphatic carbocycles. The number of H-pyrrole nitrogens is 1. The third-order valence-corrected chi connectivity index (χ3v) is 3.13. The molecule has 1 aliphatic rings. The van der Waals surface area contributed by atoms with Crippen LogP contribution in [-0.2, 0) is 4.74 Å². The van der Waals surface area contributed by atoms with E-state index in [1.807, 2.05) is 13.8 Å². The van der Waals surface area contributed by atoms with Gasteiger partial charge in [0.2, 0.25) is 0 Å². The number of aromatic amines is 1. The van der Waals surface area contributed by atoms with Gasteiger partial charge in [0.25, 0.3) is 5.91 Å². The number of nitrogens with one attached hydrogen (secondary N) is 3. The van der Waals surface area contributed by atoms with Gasteiger partial charge in [0.15, 0.2) is 0 Å². The summed E-state index contributed by atoms with van der Waals surface area (Å²) >= 11 is 0. The maximum absolute atomic E-state index is 12.1. The van der Waals surface area contributed by atoms with Crippen LogP contribution >= 0.6 is 0 Å². The monoisotopic (exact) mass is 238 g/mol. The summed E-state index contributed by atoms with van der Waals surface area (Å²) < 4.78 is 5.30. The Balaban J connectivity index is 2.07. The molecule has 1 unspecified atom stereocenters. The molecule has 17 heavy (non-hydrogen) atoms. The predicted octanol–water partition coefficient (Wildman–Crippen LogP) is -0.257. The Labute approximate surface area is 100 Å². The molecule has 0 saturated carbocycles. The van der Waals surface area contributed by atoms with E-state index in [4.69, 9.17) is 4.74 Å². The van der Waals surface area contributed by atoms with Crippen molar-refractivity contribution in [2.24, 2.45) is 0 Å². The minimum Gasteiger partial charge on any atom is -0.378 e. The van der Waals surface area contributed by atoms with Gasteiger partial charge in [0.05, 0.1) is 23.4 Å². The van der Waals surface area contributed by atoms with Crippen LogP contribution in [0.25, 0.3) is 0 Å². The SMILES string of the molecule is CO[C@H]1CNCC1NC(=O)c1c(C)n[nH]c1C. The molecule has 0 radical (unpaired) electrons. The highest BCUT2D eigenvalue weighted by Gasteiger charge is 2.29. The van der Waals surface area contributed by atoms with Gasteiger partial charge in [0, 0.05) is 25.9 Å². The summed E-state index contributed by atoms with van der Waals surface area (Å²) in [5.74, 6) is -0.0931. The van der Waals surface area contributed by atoms with Crippen molar-refractivity contribution in [1.82, 2.24) is 20.8 Å². The van der Waals surface area contributed by atoms with Gasteiger partial charge < -0.3 is 15.4 Å². The molecule has 6 heteroatoms. The largest absolute Gasteiger partial charge is 0.378 e. The van der Waals surface area contributed by atoms with Crippen LogP contribution in [0, 0.1) is 13.8 Å². The van der Waals surface area contributed by atoms with Crippen molar-refractivity contribution in [3.05, 3.63) is 17.0 Å². The number of hydrogen-bond acceptors (Lipinski definition) is 4. The number of carbonyl (C=O) groups is 1. The van der Waals surface area contributed by atoms with Gasteiger partial charge in [-0.15, -0.1) is 0 Å². The Hall–Kier alpha value is -1.40. The van der Waals surface area contributed by atoms with E-state index in [0.717, 1.165) is 24.5 Å². The van der Waals surface area contributed by atoms with Crippen molar-refractivity contribution in [3.63, 3.8) is 0 Å². The smallest absolute Gasteiger partial charge is 0.255 e. The first-order valence-corrected chi connectivity index (χ1v) is 5.69. The second-order valence-corrected chi connectivity index (χ2v) is 4.32. The molecule has 1 saturated heterocycles. The van der Waals surface area contributed by atoms with Crippen LogP contribution in [0.5, 0.6) is 0 Å². The van der Waals surface area contributed by atoms with Crippen molar-refractivity contribution in [1.29, 1.82) is 0 Å². The zero-order chi connectivity index (χ0) is 12.4. The molecule has 2 heterocycles. The van der Waals surface area contributed by atoms with Crippen LogP contribution in [0.4, 0.5) is 0 Å². The Morgan fingerprint density at radius 3 is 2.82 bits per heavy atom. The zero-order valence-corrected chi connectivity index (χ0v) is 10.3. The fourth-order valence-electron chi connectivity index (χ4n) is 2.17. The molecule has 2 atom stereocenters. The first-order valence-electron chi connectivity index (χ1n) is 5.69. The van der Waals surface area contributed by atoms with E-state index in [-0.39, 0.29) is 18.1 Å². The summed E-state index contributed by atoms with van der Waals surface area (Å²) in [7, 11) is 1.66. The molecule has 1 aromatic rings. The number of aryl methyl sites for hydroxylation is 2. The van der Waals surface area contributed by atoms with Crippen molar-refractivity contribution in [3.8, 4) is 0 Å². The van der Waals surface area contributed by atoms with E-state index in [9.17, 15) is 4.79 Å². The van der Waals surface area contributed by atoms with Gasteiger partial charge in [-0.25, -0.2) is 0 Å². The minimum atomic E-state index is -0.0931. The van der Waals surface area contributed by atoms with Crippen molar-refractivity contribution >= 4 is 5.91 Å². The lowest BCUT2D eigenvalue weighted by atomic mass is 10.1. The lowest BCUT2D eigenvalue weighted by Crippen LogP contribution is -2.43. The molecule has 0 bridgehead atoms. The van der Waals surface area contributed by atoms with Crippen molar-refractivity contribution < 1.29 is 9.53 Å². The second-order valence-electron chi connectivity index (χ2n) is 4.32. The lowest BCUT2D eigenvalue weighted by Gasteiger charge is -2.18. The second kappa shape index (κ2) is 4.85. The third-order valence-electron chi connectivity index (χ3n) is 3.13. The highest BCUT2D eigenvalue weighted by Crippen LogP contribution is 2.11. The minimum absolute atomic E-state index is 0.0150. The van der Waals surface area contributed by atoms with E-state index < -0.39 is 0 Å². The summed E-state index contributed by atoms with van der Waals surface area (Å²) in [6.07, 6.45) is 0.0338. The van der Waals surface area contributed by atoms with Gasteiger partial charge in [-0.2, -0.15) is 5.10 Å². The van der Waals surface area contributed by atoms with Crippen LogP contribution in [0.2, 0.25) is 0 Å². The highest BCUT2D eigenvalue weighted by molar-refractivity contribution is 5.96. The topological polar surface area (TPSA) is 79.0 Å². The fraction of sp³-hybridized carbons (Fsp3) is 0.636. The van der Waals surface area contributed by atoms with Gasteiger partial charge in [-0.05, 0) is 13.8 Å². The number of ether oxygens (including phenoxy) is 1. The van der Waals surface area contributed by atoms with E-state index in [0.29, 0.717) is 5.56 Å². The molecular weight excluding hydrogens is 220 g/mol. The van der Waals surface area contributed by atoms with Crippen LogP contribution in [0.15, 0.2) is 0 Å². The van der Waals surface area contributed by atoms with Crippen LogP contribution in [0.3, 0.4) is 0 Å². The van der Waals surface area contributed by atoms with E-state index in [2.05, 4.69) is 20.8 Å². The molecule has 0 spiro atoms. The molecule has 1 amide bonds. The zero-order valence-electron chi connectivity index (χ0n) is 10.3. The van der Waals surface area contributed by atoms with E-state index >= 15 is 0 Å². The number of aromatic nitrogens is 2. The Morgan fingerprint density at radius 2 is 2.24 bits per heavy atom. The normalized spacial score (nSPS) is 23.9. The quantitative estimate of drug-likeness (QED) is 0.678. The number of rotatable bonds is 3. The van der Waals surface area contributed by atoms with Crippen molar-refractivity contribution in [2.45, 2.75) is 26.0 Å². The van der Waals surface area contributed by atoms with Crippen LogP contribution in [0.1, 0.15) is 21.7 Å². The predicted molar refractivity (Wildman–Crippen MR) is 63.0 cm³/mol. The molecular formula is C11H18N4O2. The summed E-state index contributed by atoms with van der Waals surface area (Å²) in [6, 6.07) is 0.0150. The van der Waals surface area contributed by atoms with Gasteiger partial charge in [-0.3, -0.25) is 9.89 Å². The maximum Gasteiger partial charge on any atom is 0.255 e. The first kappa shape index (κ1) is 12.1. The Morgan fingerprint density at radius 1 is 1.47 bits per heavy atom. The van der Waals surface area contributed by atoms with E-state index in [1.54, 1.807) is 7.11 Å². The van der Waals surface area contributed by atoms with Crippen LogP contribution < -0.4 is 10.6 Å². The first-order chi connectivity index (χ1) is 8.13. The molecule has 2 rings (SSSR count). The molecule has 94 valence electrons. The van der Waals surface area contributed by atoms with Gasteiger partial charge >= 0.3 is 0 Å². The third kappa shape index (κ3) is 2.32. The summed E-state index contributed by atoms with van der Waals surface area (Å²) in [4.78, 5) is 12.1. The van der Waals surface area contributed by atoms with E-state index in [1.165, 1.54) is 0 Å². The highest BCUT2D eigenvalue weighted by atomic mass is 16.5. The maximum atomic E-state index is 12.1. The summed E-state index contributed by atoms with van der Waals surface area (Å²) in [6.45, 7) is 5.17. The standard InChI is InChI=1S/C11H18N4O2/c1-6-10(7(2)15-14-6)11(16)13-8-4-12-5-9(8)17-3/h8-9,12H,4-5H2,1-3H3,(H,13,16)(H,14,15)/t8?,9-/m0/s1. The molecule has 6 nitrogen and oxygen atoms in total. The molecule has 1 aromatic heterocycles. The average molecular weight is 238 g/mol. The molecule has 0 aromatic carbocycles. The lowest BCUT2D eigenvalue weighted by molar-refractivity contribution is 0.0779. The molecule has 3 N–H and O–H groups in total. The van der Waals surface area contributed by atoms with Crippen molar-refractivity contribution in [2.75, 3.05) is 20.2 Å². The number of hydrogen-bond donors (Lipinski definition) is 3. The van der Waals surface area contributed by atoms with Crippen LogP contribution in [-0.4, -0.2) is 48.4 Å². The number of carbonyl (C=O) groups excluding carboxylic acids is 1. The number of methoxy groups -OCH3 is 1. The number of amides is 1. The van der Waals surface area contributed by atoms with Gasteiger partial charge in [-0.1, -0.05) is 0 Å². The Bertz CT molecular complexity index is 396. The van der Waals surface area contributed by atoms with Gasteiger partial charge in [0.1, 0.15) is 0 Å². The Kier molecular flexibility index (Phi) is 3.44. The summed E-state index contributed by atoms with van der Waals surface area (Å²) in [5.41, 5.74) is 2.14. The fourth-order valence-corrected chi connectivity index (χ4v) is 2.17. The average Bonchev–Trinajstić information content (AvgIpc) is 2.85.